The zero-order valence-corrected chi connectivity index (χ0v) is 12.9. The van der Waals surface area contributed by atoms with Crippen LogP contribution in [0.25, 0.3) is 11.8 Å². The van der Waals surface area contributed by atoms with Crippen molar-refractivity contribution in [2.24, 2.45) is 0 Å². The van der Waals surface area contributed by atoms with Gasteiger partial charge < -0.3 is 0 Å². The molecule has 0 aliphatic carbocycles. The normalized spacial score (nSPS) is 11.8. The molecule has 1 aromatic heterocycles. The molecular formula is C19H13F3N2O. The van der Waals surface area contributed by atoms with E-state index in [-0.39, 0.29) is 11.3 Å². The van der Waals surface area contributed by atoms with Gasteiger partial charge in [-0.25, -0.2) is 4.68 Å². The summed E-state index contributed by atoms with van der Waals surface area (Å²) in [6, 6.07) is 13.6. The molecule has 126 valence electrons. The minimum Gasteiger partial charge on any atom is -0.289 e. The van der Waals surface area contributed by atoms with Crippen molar-refractivity contribution in [2.75, 3.05) is 0 Å². The third kappa shape index (κ3) is 4.03. The number of para-hydroxylation sites is 1. The molecule has 25 heavy (non-hydrogen) atoms. The quantitative estimate of drug-likeness (QED) is 0.505. The number of aromatic nitrogens is 2. The summed E-state index contributed by atoms with van der Waals surface area (Å²) in [6.07, 6.45) is 1.83. The van der Waals surface area contributed by atoms with Crippen LogP contribution < -0.4 is 0 Å². The Morgan fingerprint density at radius 3 is 2.32 bits per heavy atom. The van der Waals surface area contributed by atoms with Crippen LogP contribution in [0.3, 0.4) is 0 Å². The first-order chi connectivity index (χ1) is 11.9. The molecule has 0 aliphatic rings. The molecule has 0 radical (unpaired) electrons. The van der Waals surface area contributed by atoms with Gasteiger partial charge in [0.15, 0.2) is 5.78 Å². The number of halogens is 3. The second kappa shape index (κ2) is 6.76. The molecule has 0 fully saturated rings. The lowest BCUT2D eigenvalue weighted by molar-refractivity contribution is -0.137. The Morgan fingerprint density at radius 2 is 1.68 bits per heavy atom. The highest BCUT2D eigenvalue weighted by atomic mass is 19.4. The van der Waals surface area contributed by atoms with Gasteiger partial charge in [0.25, 0.3) is 0 Å². The van der Waals surface area contributed by atoms with E-state index in [2.05, 4.69) is 5.10 Å². The maximum absolute atomic E-state index is 12.5. The molecule has 3 rings (SSSR count). The summed E-state index contributed by atoms with van der Waals surface area (Å²) in [5, 5.41) is 4.20. The van der Waals surface area contributed by atoms with Crippen LogP contribution in [-0.2, 0) is 6.18 Å². The number of hydrogen-bond acceptors (Lipinski definition) is 2. The largest absolute Gasteiger partial charge is 0.416 e. The Kier molecular flexibility index (Phi) is 4.52. The number of carbonyl (C=O) groups excluding carboxylic acids is 1. The average Bonchev–Trinajstić information content (AvgIpc) is 3.09. The van der Waals surface area contributed by atoms with Crippen LogP contribution in [0, 0.1) is 0 Å². The molecule has 0 N–H and O–H groups in total. The summed E-state index contributed by atoms with van der Waals surface area (Å²) in [4.78, 5) is 12.1. The Hall–Kier alpha value is -3.15. The number of allylic oxidation sites excluding steroid dienone is 1. The molecule has 6 heteroatoms. The van der Waals surface area contributed by atoms with Crippen LogP contribution in [0.1, 0.15) is 21.5 Å². The van der Waals surface area contributed by atoms with Crippen molar-refractivity contribution in [1.82, 2.24) is 9.78 Å². The summed E-state index contributed by atoms with van der Waals surface area (Å²) in [5.41, 5.74) is 1.01. The van der Waals surface area contributed by atoms with Gasteiger partial charge in [0.2, 0.25) is 0 Å². The maximum Gasteiger partial charge on any atom is 0.416 e. The van der Waals surface area contributed by atoms with Gasteiger partial charge in [-0.1, -0.05) is 30.3 Å². The van der Waals surface area contributed by atoms with Gasteiger partial charge in [0.05, 0.1) is 17.4 Å². The summed E-state index contributed by atoms with van der Waals surface area (Å²) in [7, 11) is 0. The molecule has 0 unspecified atom stereocenters. The molecule has 3 aromatic rings. The van der Waals surface area contributed by atoms with E-state index < -0.39 is 11.7 Å². The second-order valence-corrected chi connectivity index (χ2v) is 5.33. The number of benzene rings is 2. The highest BCUT2D eigenvalue weighted by Crippen LogP contribution is 2.29. The van der Waals surface area contributed by atoms with Crippen LogP contribution in [0.5, 0.6) is 0 Å². The van der Waals surface area contributed by atoms with Gasteiger partial charge in [-0.05, 0) is 36.4 Å². The van der Waals surface area contributed by atoms with Crippen LogP contribution in [0.15, 0.2) is 73.1 Å². The van der Waals surface area contributed by atoms with E-state index in [1.54, 1.807) is 23.2 Å². The molecule has 0 bridgehead atoms. The Balaban J connectivity index is 1.72. The standard InChI is InChI=1S/C19H13F3N2O/c20-19(21,22)16-9-7-15(8-10-16)18(25)11-6-14-12-23-24(13-14)17-4-2-1-3-5-17/h1-13H/b11-6+. The molecule has 2 aromatic carbocycles. The van der Waals surface area contributed by atoms with Crippen molar-refractivity contribution >= 4 is 11.9 Å². The molecular weight excluding hydrogens is 329 g/mol. The van der Waals surface area contributed by atoms with E-state index in [0.717, 1.165) is 17.8 Å². The number of carbonyl (C=O) groups is 1. The summed E-state index contributed by atoms with van der Waals surface area (Å²) in [6.45, 7) is 0. The summed E-state index contributed by atoms with van der Waals surface area (Å²) >= 11 is 0. The Bertz CT molecular complexity index is 894. The zero-order valence-electron chi connectivity index (χ0n) is 12.9. The summed E-state index contributed by atoms with van der Waals surface area (Å²) in [5.74, 6) is -0.374. The fraction of sp³-hybridized carbons (Fsp3) is 0.0526. The van der Waals surface area contributed by atoms with E-state index in [1.165, 1.54) is 18.2 Å². The smallest absolute Gasteiger partial charge is 0.289 e. The van der Waals surface area contributed by atoms with Crippen LogP contribution in [0.2, 0.25) is 0 Å². The first-order valence-electron chi connectivity index (χ1n) is 7.43. The number of ketones is 1. The van der Waals surface area contributed by atoms with Crippen molar-refractivity contribution in [3.8, 4) is 5.69 Å². The fourth-order valence-electron chi connectivity index (χ4n) is 2.24. The number of rotatable bonds is 4. The molecule has 3 nitrogen and oxygen atoms in total. The molecule has 0 saturated heterocycles. The highest BCUT2D eigenvalue weighted by molar-refractivity contribution is 6.06. The third-order valence-electron chi connectivity index (χ3n) is 3.55. The Labute approximate surface area is 142 Å². The average molecular weight is 342 g/mol. The predicted octanol–water partition coefficient (Wildman–Crippen LogP) is 4.79. The number of hydrogen-bond donors (Lipinski definition) is 0. The molecule has 0 amide bonds. The van der Waals surface area contributed by atoms with Gasteiger partial charge in [-0.3, -0.25) is 4.79 Å². The molecule has 0 saturated carbocycles. The minimum atomic E-state index is -4.41. The molecule has 0 aliphatic heterocycles. The van der Waals surface area contributed by atoms with Gasteiger partial charge in [-0.2, -0.15) is 18.3 Å². The lowest BCUT2D eigenvalue weighted by atomic mass is 10.1. The van der Waals surface area contributed by atoms with Crippen LogP contribution in [0.4, 0.5) is 13.2 Å². The van der Waals surface area contributed by atoms with Gasteiger partial charge >= 0.3 is 6.18 Å². The molecule has 0 atom stereocenters. The van der Waals surface area contributed by atoms with E-state index in [9.17, 15) is 18.0 Å². The number of alkyl halides is 3. The van der Waals surface area contributed by atoms with Gasteiger partial charge in [0, 0.05) is 17.3 Å². The molecule has 1 heterocycles. The highest BCUT2D eigenvalue weighted by Gasteiger charge is 2.30. The third-order valence-corrected chi connectivity index (χ3v) is 3.55. The van der Waals surface area contributed by atoms with Crippen molar-refractivity contribution in [2.45, 2.75) is 6.18 Å². The first-order valence-corrected chi connectivity index (χ1v) is 7.43. The van der Waals surface area contributed by atoms with Crippen molar-refractivity contribution < 1.29 is 18.0 Å². The van der Waals surface area contributed by atoms with Crippen molar-refractivity contribution in [1.29, 1.82) is 0 Å². The van der Waals surface area contributed by atoms with Gasteiger partial charge in [-0.15, -0.1) is 0 Å². The van der Waals surface area contributed by atoms with E-state index in [4.69, 9.17) is 0 Å². The minimum absolute atomic E-state index is 0.194. The lowest BCUT2D eigenvalue weighted by Gasteiger charge is -2.06. The monoisotopic (exact) mass is 342 g/mol. The van der Waals surface area contributed by atoms with Crippen molar-refractivity contribution in [3.63, 3.8) is 0 Å². The SMILES string of the molecule is O=C(/C=C/c1cnn(-c2ccccc2)c1)c1ccc(C(F)(F)F)cc1. The van der Waals surface area contributed by atoms with Crippen LogP contribution in [-0.4, -0.2) is 15.6 Å². The second-order valence-electron chi connectivity index (χ2n) is 5.33. The van der Waals surface area contributed by atoms with E-state index in [1.807, 2.05) is 30.3 Å². The van der Waals surface area contributed by atoms with E-state index >= 15 is 0 Å². The maximum atomic E-state index is 12.5. The van der Waals surface area contributed by atoms with Crippen LogP contribution >= 0.6 is 0 Å². The first kappa shape index (κ1) is 16.7. The summed E-state index contributed by atoms with van der Waals surface area (Å²) < 4.78 is 39.2. The van der Waals surface area contributed by atoms with E-state index in [0.29, 0.717) is 5.56 Å². The predicted molar refractivity (Wildman–Crippen MR) is 88.4 cm³/mol. The zero-order chi connectivity index (χ0) is 17.9. The van der Waals surface area contributed by atoms with Crippen molar-refractivity contribution in [3.05, 3.63) is 89.8 Å². The molecule has 0 spiro atoms. The fourth-order valence-corrected chi connectivity index (χ4v) is 2.24. The lowest BCUT2D eigenvalue weighted by Crippen LogP contribution is -2.05. The Morgan fingerprint density at radius 1 is 1.00 bits per heavy atom. The topological polar surface area (TPSA) is 34.9 Å². The van der Waals surface area contributed by atoms with Gasteiger partial charge in [0.1, 0.15) is 0 Å². The number of nitrogens with zero attached hydrogens (tertiary/aromatic N) is 2.